The molecule has 1 saturated carbocycles. The number of ether oxygens (including phenoxy) is 1. The minimum Gasteiger partial charge on any atom is -0.473 e. The van der Waals surface area contributed by atoms with Crippen LogP contribution in [0.3, 0.4) is 0 Å². The Morgan fingerprint density at radius 1 is 1.06 bits per heavy atom. The average Bonchev–Trinajstić information content (AvgIpc) is 2.74. The van der Waals surface area contributed by atoms with Crippen molar-refractivity contribution in [3.63, 3.8) is 0 Å². The van der Waals surface area contributed by atoms with E-state index >= 15 is 0 Å². The highest BCUT2D eigenvalue weighted by atomic mass is 32.2. The molecule has 1 saturated heterocycles. The number of rotatable bonds is 6. The normalized spacial score (nSPS) is 20.6. The molecule has 170 valence electrons. The molecule has 2 aromatic rings. The van der Waals surface area contributed by atoms with Crippen LogP contribution in [0.2, 0.25) is 0 Å². The lowest BCUT2D eigenvalue weighted by Gasteiger charge is -2.32. The zero-order chi connectivity index (χ0) is 22.0. The minimum atomic E-state index is -1.01. The van der Waals surface area contributed by atoms with Crippen molar-refractivity contribution >= 4 is 33.6 Å². The highest BCUT2D eigenvalue weighted by Gasteiger charge is 2.27. The lowest BCUT2D eigenvalue weighted by atomic mass is 9.98. The van der Waals surface area contributed by atoms with Gasteiger partial charge in [-0.05, 0) is 39.5 Å². The van der Waals surface area contributed by atoms with E-state index in [-0.39, 0.29) is 12.1 Å². The fourth-order valence-electron chi connectivity index (χ4n) is 4.16. The molecular formula is C20H30N6O4S. The van der Waals surface area contributed by atoms with E-state index in [1.165, 1.54) is 17.6 Å². The van der Waals surface area contributed by atoms with Crippen molar-refractivity contribution < 1.29 is 19.2 Å². The van der Waals surface area contributed by atoms with Crippen LogP contribution < -0.4 is 14.5 Å². The summed E-state index contributed by atoms with van der Waals surface area (Å²) in [5, 5.41) is 20.5. The summed E-state index contributed by atoms with van der Waals surface area (Å²) in [6.07, 6.45) is 4.94. The van der Waals surface area contributed by atoms with Crippen LogP contribution in [0.4, 0.5) is 11.8 Å². The van der Waals surface area contributed by atoms with Crippen molar-refractivity contribution in [3.8, 4) is 5.88 Å². The van der Waals surface area contributed by atoms with Crippen molar-refractivity contribution in [1.29, 1.82) is 0 Å². The Hall–Kier alpha value is -2.11. The summed E-state index contributed by atoms with van der Waals surface area (Å²) in [7, 11) is -0.840. The topological polar surface area (TPSA) is 125 Å². The summed E-state index contributed by atoms with van der Waals surface area (Å²) in [4.78, 5) is 21.4. The summed E-state index contributed by atoms with van der Waals surface area (Å²) in [6, 6.07) is 0. The van der Waals surface area contributed by atoms with Crippen molar-refractivity contribution in [3.05, 3.63) is 6.33 Å². The van der Waals surface area contributed by atoms with Gasteiger partial charge in [-0.25, -0.2) is 9.97 Å². The third-order valence-corrected chi connectivity index (χ3v) is 7.04. The molecule has 0 bridgehead atoms. The minimum absolute atomic E-state index is 0.0794. The van der Waals surface area contributed by atoms with Gasteiger partial charge in [0.15, 0.2) is 11.3 Å². The van der Waals surface area contributed by atoms with E-state index in [1.807, 2.05) is 4.90 Å². The molecule has 2 N–H and O–H groups in total. The zero-order valence-electron chi connectivity index (χ0n) is 18.0. The predicted octanol–water partition coefficient (Wildman–Crippen LogP) is 1.18. The fraction of sp³-hybridized carbons (Fsp3) is 0.700. The van der Waals surface area contributed by atoms with E-state index in [4.69, 9.17) is 4.74 Å². The first-order valence-electron chi connectivity index (χ1n) is 10.9. The van der Waals surface area contributed by atoms with Gasteiger partial charge in [-0.15, -0.1) is 0 Å². The molecule has 10 nitrogen and oxygen atoms in total. The Kier molecular flexibility index (Phi) is 6.83. The summed E-state index contributed by atoms with van der Waals surface area (Å²) < 4.78 is 18.1. The molecule has 31 heavy (non-hydrogen) atoms. The van der Waals surface area contributed by atoms with Crippen LogP contribution in [0.25, 0.3) is 11.0 Å². The maximum Gasteiger partial charge on any atom is 0.244 e. The van der Waals surface area contributed by atoms with Gasteiger partial charge in [0.25, 0.3) is 0 Å². The van der Waals surface area contributed by atoms with Crippen LogP contribution in [-0.4, -0.2) is 77.5 Å². The molecule has 2 aromatic heterocycles. The number of hydrogen-bond acceptors (Lipinski definition) is 10. The second-order valence-corrected chi connectivity index (χ2v) is 9.80. The van der Waals surface area contributed by atoms with Crippen LogP contribution in [0.5, 0.6) is 5.88 Å². The number of nitrogens with zero attached hydrogens (tertiary/aromatic N) is 6. The van der Waals surface area contributed by atoms with Gasteiger partial charge >= 0.3 is 0 Å². The van der Waals surface area contributed by atoms with Gasteiger partial charge in [0, 0.05) is 35.4 Å². The molecule has 4 rings (SSSR count). The molecule has 2 unspecified atom stereocenters. The van der Waals surface area contributed by atoms with E-state index in [9.17, 15) is 14.4 Å². The molecule has 0 aromatic carbocycles. The second kappa shape index (κ2) is 9.58. The molecular weight excluding hydrogens is 420 g/mol. The van der Waals surface area contributed by atoms with E-state index in [1.54, 1.807) is 13.8 Å². The summed E-state index contributed by atoms with van der Waals surface area (Å²) in [5.41, 5.74) is 0.999. The molecule has 2 aliphatic rings. The van der Waals surface area contributed by atoms with Gasteiger partial charge in [0.2, 0.25) is 11.8 Å². The Bertz CT molecular complexity index is 919. The van der Waals surface area contributed by atoms with Gasteiger partial charge in [-0.1, -0.05) is 6.42 Å². The molecule has 2 fully saturated rings. The van der Waals surface area contributed by atoms with Gasteiger partial charge in [0.05, 0.1) is 0 Å². The molecule has 0 spiro atoms. The van der Waals surface area contributed by atoms with Crippen molar-refractivity contribution in [2.24, 2.45) is 0 Å². The maximum absolute atomic E-state index is 11.9. The smallest absolute Gasteiger partial charge is 0.244 e. The van der Waals surface area contributed by atoms with Crippen molar-refractivity contribution in [1.82, 2.24) is 19.9 Å². The van der Waals surface area contributed by atoms with Crippen LogP contribution >= 0.6 is 0 Å². The van der Waals surface area contributed by atoms with E-state index in [0.717, 1.165) is 25.7 Å². The SMILES string of the molecule is CC(O)N(c1nc(N2CCS(=O)CC2)c2ncnc(OC3CCCCC3)c2n1)C(C)O. The Labute approximate surface area is 184 Å². The lowest BCUT2D eigenvalue weighted by molar-refractivity contribution is 0.103. The molecule has 1 aliphatic heterocycles. The lowest BCUT2D eigenvalue weighted by Crippen LogP contribution is -2.42. The molecule has 11 heteroatoms. The average molecular weight is 451 g/mol. The summed E-state index contributed by atoms with van der Waals surface area (Å²) >= 11 is 0. The number of aromatic nitrogens is 4. The number of hydrogen-bond donors (Lipinski definition) is 2. The Balaban J connectivity index is 1.81. The standard InChI is InChI=1S/C20H30N6O4S/c1-13(27)26(14(2)28)20-23-17-16(18(24-20)25-8-10-31(29)11-9-25)21-12-22-19(17)30-15-6-4-3-5-7-15/h12-15,27-28H,3-11H2,1-2H3. The summed E-state index contributed by atoms with van der Waals surface area (Å²) in [5.74, 6) is 2.22. The largest absolute Gasteiger partial charge is 0.473 e. The number of anilines is 2. The van der Waals surface area contributed by atoms with Crippen molar-refractivity contribution in [2.45, 2.75) is 64.5 Å². The quantitative estimate of drug-likeness (QED) is 0.620. The predicted molar refractivity (Wildman–Crippen MR) is 119 cm³/mol. The number of aliphatic hydroxyl groups excluding tert-OH is 2. The van der Waals surface area contributed by atoms with Crippen LogP contribution in [0.1, 0.15) is 46.0 Å². The molecule has 0 amide bonds. The Morgan fingerprint density at radius 3 is 2.39 bits per heavy atom. The highest BCUT2D eigenvalue weighted by molar-refractivity contribution is 7.85. The monoisotopic (exact) mass is 450 g/mol. The van der Waals surface area contributed by atoms with Crippen LogP contribution in [-0.2, 0) is 10.8 Å². The van der Waals surface area contributed by atoms with E-state index < -0.39 is 23.3 Å². The van der Waals surface area contributed by atoms with Gasteiger partial charge in [0.1, 0.15) is 30.4 Å². The highest BCUT2D eigenvalue weighted by Crippen LogP contribution is 2.32. The molecule has 1 aliphatic carbocycles. The number of fused-ring (bicyclic) bond motifs is 1. The van der Waals surface area contributed by atoms with Crippen molar-refractivity contribution in [2.75, 3.05) is 34.4 Å². The first-order valence-corrected chi connectivity index (χ1v) is 12.4. The third-order valence-electron chi connectivity index (χ3n) is 5.76. The Morgan fingerprint density at radius 2 is 1.74 bits per heavy atom. The molecule has 2 atom stereocenters. The molecule has 3 heterocycles. The van der Waals surface area contributed by atoms with Crippen LogP contribution in [0.15, 0.2) is 6.33 Å². The summed E-state index contributed by atoms with van der Waals surface area (Å²) in [6.45, 7) is 4.24. The van der Waals surface area contributed by atoms with Gasteiger partial charge in [-0.2, -0.15) is 9.97 Å². The maximum atomic E-state index is 11.9. The van der Waals surface area contributed by atoms with Gasteiger partial charge in [-0.3, -0.25) is 9.11 Å². The van der Waals surface area contributed by atoms with Crippen LogP contribution in [0, 0.1) is 0 Å². The second-order valence-electron chi connectivity index (χ2n) is 8.11. The van der Waals surface area contributed by atoms with E-state index in [2.05, 4.69) is 19.9 Å². The number of aliphatic hydroxyl groups is 2. The fourth-order valence-corrected chi connectivity index (χ4v) is 5.21. The first-order chi connectivity index (χ1) is 14.9. The first kappa shape index (κ1) is 22.1. The zero-order valence-corrected chi connectivity index (χ0v) is 18.8. The third kappa shape index (κ3) is 4.88. The van der Waals surface area contributed by atoms with E-state index in [0.29, 0.717) is 47.3 Å². The molecule has 0 radical (unpaired) electrons. The van der Waals surface area contributed by atoms with Gasteiger partial charge < -0.3 is 19.8 Å².